The van der Waals surface area contributed by atoms with Crippen LogP contribution >= 0.6 is 0 Å². The molecular weight excluding hydrogens is 218 g/mol. The lowest BCUT2D eigenvalue weighted by atomic mass is 10.0. The molecule has 0 aliphatic rings. The summed E-state index contributed by atoms with van der Waals surface area (Å²) >= 11 is 0. The summed E-state index contributed by atoms with van der Waals surface area (Å²) in [6.45, 7) is 0. The first kappa shape index (κ1) is 12.6. The average molecular weight is 237 g/mol. The van der Waals surface area contributed by atoms with E-state index in [0.717, 1.165) is 0 Å². The van der Waals surface area contributed by atoms with Crippen molar-refractivity contribution in [3.8, 4) is 0 Å². The molecule has 0 aromatic heterocycles. The van der Waals surface area contributed by atoms with Crippen molar-refractivity contribution in [3.05, 3.63) is 60.7 Å². The zero-order chi connectivity index (χ0) is 13.0. The monoisotopic (exact) mass is 237 g/mol. The Hall–Kier alpha value is -1.86. The number of hydrogen-bond donors (Lipinski definition) is 0. The lowest BCUT2D eigenvalue weighted by Crippen LogP contribution is -1.99. The van der Waals surface area contributed by atoms with Gasteiger partial charge in [0, 0.05) is 0 Å². The fourth-order valence-electron chi connectivity index (χ4n) is 1.88. The molecule has 3 aromatic rings. The quantitative estimate of drug-likeness (QED) is 0.530. The van der Waals surface area contributed by atoms with Crippen LogP contribution in [0.15, 0.2) is 60.7 Å². The maximum atomic E-state index is 2.24. The molecule has 0 N–H and O–H groups in total. The van der Waals surface area contributed by atoms with Crippen molar-refractivity contribution >= 4 is 21.5 Å². The highest BCUT2D eigenvalue weighted by molar-refractivity contribution is 5.98. The van der Waals surface area contributed by atoms with Crippen LogP contribution in [0.4, 0.5) is 0 Å². The van der Waals surface area contributed by atoms with Gasteiger partial charge in [0.05, 0.1) is 0 Å². The zero-order valence-electron chi connectivity index (χ0n) is 11.2. The molecule has 0 spiro atoms. The van der Waals surface area contributed by atoms with Gasteiger partial charge in [-0.3, -0.25) is 0 Å². The van der Waals surface area contributed by atoms with Crippen LogP contribution in [0.5, 0.6) is 0 Å². The summed E-state index contributed by atoms with van der Waals surface area (Å²) in [5, 5.41) is 5.25. The molecule has 1 heteroatoms. The Labute approximate surface area is 109 Å². The highest BCUT2D eigenvalue weighted by atomic mass is 15.0. The topological polar surface area (TPSA) is 3.24 Å². The molecular formula is C17H19N. The van der Waals surface area contributed by atoms with Gasteiger partial charge in [0.15, 0.2) is 0 Å². The summed E-state index contributed by atoms with van der Waals surface area (Å²) in [6, 6.07) is 21.4. The highest BCUT2D eigenvalue weighted by Crippen LogP contribution is 2.21. The average Bonchev–Trinajstić information content (AvgIpc) is 2.35. The van der Waals surface area contributed by atoms with Crippen LogP contribution < -0.4 is 0 Å². The fourth-order valence-corrected chi connectivity index (χ4v) is 1.88. The highest BCUT2D eigenvalue weighted by Gasteiger charge is 1.95. The van der Waals surface area contributed by atoms with E-state index < -0.39 is 0 Å². The Morgan fingerprint density at radius 1 is 0.556 bits per heavy atom. The van der Waals surface area contributed by atoms with Gasteiger partial charge in [0.25, 0.3) is 0 Å². The number of rotatable bonds is 0. The second-order valence-electron chi connectivity index (χ2n) is 4.89. The Bertz CT molecular complexity index is 533. The molecule has 0 saturated carbocycles. The first-order chi connectivity index (χ1) is 8.66. The van der Waals surface area contributed by atoms with Gasteiger partial charge in [-0.25, -0.2) is 0 Å². The summed E-state index contributed by atoms with van der Waals surface area (Å²) in [5.41, 5.74) is 0. The first-order valence-corrected chi connectivity index (χ1v) is 6.15. The molecule has 0 aliphatic carbocycles. The second-order valence-corrected chi connectivity index (χ2v) is 4.89. The molecule has 0 radical (unpaired) electrons. The Morgan fingerprint density at radius 3 is 1.00 bits per heavy atom. The summed E-state index contributed by atoms with van der Waals surface area (Å²) < 4.78 is 0. The molecule has 1 nitrogen and oxygen atoms in total. The van der Waals surface area contributed by atoms with E-state index in [2.05, 4.69) is 60.7 Å². The van der Waals surface area contributed by atoms with Gasteiger partial charge < -0.3 is 4.90 Å². The molecule has 0 saturated heterocycles. The number of hydrogen-bond acceptors (Lipinski definition) is 1. The van der Waals surface area contributed by atoms with Gasteiger partial charge in [-0.05, 0) is 54.8 Å². The second kappa shape index (κ2) is 5.65. The zero-order valence-corrected chi connectivity index (χ0v) is 11.2. The molecule has 0 heterocycles. The van der Waals surface area contributed by atoms with Crippen molar-refractivity contribution in [2.75, 3.05) is 21.1 Å². The van der Waals surface area contributed by atoms with Gasteiger partial charge in [-0.1, -0.05) is 48.5 Å². The van der Waals surface area contributed by atoms with E-state index in [1.807, 2.05) is 26.0 Å². The summed E-state index contributed by atoms with van der Waals surface area (Å²) in [7, 11) is 6.00. The molecule has 0 amide bonds. The van der Waals surface area contributed by atoms with E-state index >= 15 is 0 Å². The van der Waals surface area contributed by atoms with Crippen molar-refractivity contribution in [3.63, 3.8) is 0 Å². The molecule has 0 aliphatic heterocycles. The minimum absolute atomic E-state index is 1.31. The summed E-state index contributed by atoms with van der Waals surface area (Å²) in [6.07, 6.45) is 0. The third kappa shape index (κ3) is 3.08. The third-order valence-electron chi connectivity index (χ3n) is 2.61. The first-order valence-electron chi connectivity index (χ1n) is 6.15. The molecule has 92 valence electrons. The molecule has 0 bridgehead atoms. The van der Waals surface area contributed by atoms with Crippen molar-refractivity contribution < 1.29 is 0 Å². The van der Waals surface area contributed by atoms with E-state index in [1.54, 1.807) is 0 Å². The predicted octanol–water partition coefficient (Wildman–Crippen LogP) is 4.17. The van der Waals surface area contributed by atoms with Crippen LogP contribution in [-0.2, 0) is 0 Å². The van der Waals surface area contributed by atoms with Crippen LogP contribution in [-0.4, -0.2) is 26.0 Å². The van der Waals surface area contributed by atoms with Gasteiger partial charge in [-0.2, -0.15) is 0 Å². The van der Waals surface area contributed by atoms with Crippen LogP contribution in [0.2, 0.25) is 0 Å². The Balaban J connectivity index is 0.000000267. The SMILES string of the molecule is CN(C)C.c1ccc2cc3ccccc3cc2c1. The minimum atomic E-state index is 1.31. The lowest BCUT2D eigenvalue weighted by Gasteiger charge is -2.00. The van der Waals surface area contributed by atoms with E-state index in [9.17, 15) is 0 Å². The maximum Gasteiger partial charge on any atom is -0.0140 e. The standard InChI is InChI=1S/C14H10.C3H9N/c1-2-6-12-10-14-8-4-3-7-13(14)9-11(12)5-1;1-4(2)3/h1-10H;1-3H3. The molecule has 18 heavy (non-hydrogen) atoms. The minimum Gasteiger partial charge on any atom is -0.312 e. The smallest absolute Gasteiger partial charge is 0.0140 e. The number of fused-ring (bicyclic) bond motifs is 2. The van der Waals surface area contributed by atoms with E-state index in [-0.39, 0.29) is 0 Å². The molecule has 3 aromatic carbocycles. The number of benzene rings is 3. The van der Waals surface area contributed by atoms with Crippen molar-refractivity contribution in [2.45, 2.75) is 0 Å². The Kier molecular flexibility index (Phi) is 3.96. The fraction of sp³-hybridized carbons (Fsp3) is 0.176. The van der Waals surface area contributed by atoms with E-state index in [1.165, 1.54) is 21.5 Å². The van der Waals surface area contributed by atoms with Crippen LogP contribution in [0.3, 0.4) is 0 Å². The van der Waals surface area contributed by atoms with Gasteiger partial charge in [0.1, 0.15) is 0 Å². The van der Waals surface area contributed by atoms with Crippen LogP contribution in [0, 0.1) is 0 Å². The molecule has 0 fully saturated rings. The Morgan fingerprint density at radius 2 is 0.778 bits per heavy atom. The predicted molar refractivity (Wildman–Crippen MR) is 81.1 cm³/mol. The summed E-state index contributed by atoms with van der Waals surface area (Å²) in [4.78, 5) is 2.00. The molecule has 0 atom stereocenters. The van der Waals surface area contributed by atoms with Crippen molar-refractivity contribution in [2.24, 2.45) is 0 Å². The van der Waals surface area contributed by atoms with Crippen molar-refractivity contribution in [1.82, 2.24) is 4.90 Å². The van der Waals surface area contributed by atoms with Gasteiger partial charge in [-0.15, -0.1) is 0 Å². The third-order valence-corrected chi connectivity index (χ3v) is 2.61. The van der Waals surface area contributed by atoms with E-state index in [4.69, 9.17) is 0 Å². The molecule has 0 unspecified atom stereocenters. The van der Waals surface area contributed by atoms with Crippen LogP contribution in [0.1, 0.15) is 0 Å². The van der Waals surface area contributed by atoms with Crippen LogP contribution in [0.25, 0.3) is 21.5 Å². The maximum absolute atomic E-state index is 2.24. The normalized spacial score (nSPS) is 10.4. The van der Waals surface area contributed by atoms with Crippen molar-refractivity contribution in [1.29, 1.82) is 0 Å². The molecule has 3 rings (SSSR count). The van der Waals surface area contributed by atoms with Gasteiger partial charge >= 0.3 is 0 Å². The summed E-state index contributed by atoms with van der Waals surface area (Å²) in [5.74, 6) is 0. The largest absolute Gasteiger partial charge is 0.312 e. The lowest BCUT2D eigenvalue weighted by molar-refractivity contribution is 0.505. The van der Waals surface area contributed by atoms with Gasteiger partial charge in [0.2, 0.25) is 0 Å². The number of nitrogens with zero attached hydrogens (tertiary/aromatic N) is 1. The van der Waals surface area contributed by atoms with E-state index in [0.29, 0.717) is 0 Å².